The molecule has 10 aromatic rings. The average Bonchev–Trinajstić information content (AvgIpc) is 3.34. The van der Waals surface area contributed by atoms with E-state index in [1.54, 1.807) is 0 Å². The normalized spacial score (nSPS) is 11.1. The molecule has 5 aromatic heterocycles. The summed E-state index contributed by atoms with van der Waals surface area (Å²) in [5, 5.41) is 0. The van der Waals surface area contributed by atoms with Crippen LogP contribution in [0.25, 0.3) is 101 Å². The first-order valence-corrected chi connectivity index (χ1v) is 21.5. The molecule has 6 heteroatoms. The minimum atomic E-state index is 0.657. The Hall–Kier alpha value is -8.22. The van der Waals surface area contributed by atoms with E-state index in [0.717, 1.165) is 118 Å². The predicted octanol–water partition coefficient (Wildman–Crippen LogP) is 14.3. The second kappa shape index (κ2) is 17.3. The molecule has 0 aliphatic heterocycles. The molecule has 6 nitrogen and oxygen atoms in total. The van der Waals surface area contributed by atoms with E-state index in [1.165, 1.54) is 0 Å². The molecule has 0 radical (unpaired) electrons. The van der Waals surface area contributed by atoms with Crippen molar-refractivity contribution in [3.05, 3.63) is 217 Å². The zero-order valence-electron chi connectivity index (χ0n) is 36.2. The van der Waals surface area contributed by atoms with Gasteiger partial charge in [0.05, 0.1) is 34.2 Å². The van der Waals surface area contributed by atoms with Gasteiger partial charge in [0.15, 0.2) is 5.82 Å². The Kier molecular flexibility index (Phi) is 10.8. The monoisotopic (exact) mass is 824 g/mol. The maximum absolute atomic E-state index is 5.32. The Bertz CT molecular complexity index is 2980. The molecule has 0 unspecified atom stereocenters. The van der Waals surface area contributed by atoms with Crippen molar-refractivity contribution in [3.63, 3.8) is 0 Å². The third-order valence-corrected chi connectivity index (χ3v) is 11.3. The fourth-order valence-electron chi connectivity index (χ4n) is 8.17. The SMILES string of the molecule is Cc1cccc(-c2cc(-c3cc(-c4cc(-c5cccc(C)n5)cc(-c5cccc(C)n5)c4)cc(-c4cc(-c5ccccc5)nc(-c5ccccc5)n4)c3)cc(-c3cccc(C)n3)c2)n1. The first-order valence-electron chi connectivity index (χ1n) is 21.5. The van der Waals surface area contributed by atoms with E-state index in [-0.39, 0.29) is 0 Å². The van der Waals surface area contributed by atoms with Crippen LogP contribution in [-0.2, 0) is 0 Å². The van der Waals surface area contributed by atoms with Gasteiger partial charge >= 0.3 is 0 Å². The Balaban J connectivity index is 1.26. The van der Waals surface area contributed by atoms with Crippen LogP contribution in [0.5, 0.6) is 0 Å². The quantitative estimate of drug-likeness (QED) is 0.144. The standard InChI is InChI=1S/C58H44N6/c1-37-15-11-23-52(59-37)47-28-45(29-48(34-47)53-24-12-16-38(2)60-53)43-27-44(46-30-49(54-25-13-17-39(3)61-54)35-50(31-46)55-26-14-18-40(4)62-55)33-51(32-43)57-36-56(41-19-7-5-8-20-41)63-58(64-57)42-21-9-6-10-22-42/h5-36H,1-4H3. The van der Waals surface area contributed by atoms with Crippen molar-refractivity contribution in [1.82, 2.24) is 29.9 Å². The van der Waals surface area contributed by atoms with Crippen molar-refractivity contribution < 1.29 is 0 Å². The van der Waals surface area contributed by atoms with Crippen molar-refractivity contribution in [2.75, 3.05) is 0 Å². The lowest BCUT2D eigenvalue weighted by Crippen LogP contribution is -1.97. The minimum absolute atomic E-state index is 0.657. The fraction of sp³-hybridized carbons (Fsp3) is 0.0690. The van der Waals surface area contributed by atoms with Gasteiger partial charge in [-0.25, -0.2) is 9.97 Å². The van der Waals surface area contributed by atoms with Gasteiger partial charge in [-0.1, -0.05) is 84.9 Å². The van der Waals surface area contributed by atoms with Crippen LogP contribution in [0.4, 0.5) is 0 Å². The number of benzene rings is 5. The van der Waals surface area contributed by atoms with Crippen LogP contribution in [0.1, 0.15) is 22.8 Å². The molecule has 5 heterocycles. The number of aryl methyl sites for hydroxylation is 4. The van der Waals surface area contributed by atoms with E-state index in [2.05, 4.69) is 133 Å². The zero-order valence-corrected chi connectivity index (χ0v) is 36.2. The lowest BCUT2D eigenvalue weighted by molar-refractivity contribution is 1.18. The van der Waals surface area contributed by atoms with Gasteiger partial charge in [0.2, 0.25) is 0 Å². The molecule has 0 spiro atoms. The summed E-state index contributed by atoms with van der Waals surface area (Å²) < 4.78 is 0. The molecular weight excluding hydrogens is 781 g/mol. The summed E-state index contributed by atoms with van der Waals surface area (Å²) >= 11 is 0. The van der Waals surface area contributed by atoms with Crippen molar-refractivity contribution in [2.45, 2.75) is 27.7 Å². The van der Waals surface area contributed by atoms with Crippen LogP contribution in [0.3, 0.4) is 0 Å². The van der Waals surface area contributed by atoms with E-state index in [0.29, 0.717) is 5.82 Å². The Morgan fingerprint density at radius 2 is 0.484 bits per heavy atom. The van der Waals surface area contributed by atoms with E-state index >= 15 is 0 Å². The molecule has 306 valence electrons. The van der Waals surface area contributed by atoms with Gasteiger partial charge in [-0.05, 0) is 159 Å². The number of aromatic nitrogens is 6. The second-order valence-corrected chi connectivity index (χ2v) is 16.2. The van der Waals surface area contributed by atoms with E-state index in [1.807, 2.05) is 88.4 Å². The van der Waals surface area contributed by atoms with Gasteiger partial charge in [0.1, 0.15) is 0 Å². The molecule has 0 N–H and O–H groups in total. The van der Waals surface area contributed by atoms with Crippen LogP contribution in [0, 0.1) is 27.7 Å². The molecule has 0 saturated heterocycles. The summed E-state index contributed by atoms with van der Waals surface area (Å²) in [7, 11) is 0. The van der Waals surface area contributed by atoms with Crippen molar-refractivity contribution >= 4 is 0 Å². The highest BCUT2D eigenvalue weighted by atomic mass is 14.9. The third-order valence-electron chi connectivity index (χ3n) is 11.3. The summed E-state index contributed by atoms with van der Waals surface area (Å²) in [6, 6.07) is 67.4. The van der Waals surface area contributed by atoms with Crippen LogP contribution >= 0.6 is 0 Å². The maximum Gasteiger partial charge on any atom is 0.160 e. The second-order valence-electron chi connectivity index (χ2n) is 16.2. The Morgan fingerprint density at radius 3 is 0.828 bits per heavy atom. The average molecular weight is 825 g/mol. The molecule has 64 heavy (non-hydrogen) atoms. The van der Waals surface area contributed by atoms with Crippen LogP contribution < -0.4 is 0 Å². The summed E-state index contributed by atoms with van der Waals surface area (Å²) in [5.74, 6) is 0.657. The number of pyridine rings is 4. The summed E-state index contributed by atoms with van der Waals surface area (Å²) in [6.07, 6.45) is 0. The number of nitrogens with zero attached hydrogens (tertiary/aromatic N) is 6. The highest BCUT2D eigenvalue weighted by Gasteiger charge is 2.17. The molecule has 0 fully saturated rings. The summed E-state index contributed by atoms with van der Waals surface area (Å²) in [4.78, 5) is 30.4. The highest BCUT2D eigenvalue weighted by molar-refractivity contribution is 5.88. The van der Waals surface area contributed by atoms with Gasteiger partial charge in [-0.15, -0.1) is 0 Å². The minimum Gasteiger partial charge on any atom is -0.253 e. The predicted molar refractivity (Wildman–Crippen MR) is 261 cm³/mol. The lowest BCUT2D eigenvalue weighted by Gasteiger charge is -2.16. The van der Waals surface area contributed by atoms with E-state index in [4.69, 9.17) is 29.9 Å². The molecule has 0 amide bonds. The fourth-order valence-corrected chi connectivity index (χ4v) is 8.17. The van der Waals surface area contributed by atoms with E-state index < -0.39 is 0 Å². The first-order chi connectivity index (χ1) is 31.3. The van der Waals surface area contributed by atoms with Crippen molar-refractivity contribution in [2.24, 2.45) is 0 Å². The van der Waals surface area contributed by atoms with Crippen LogP contribution in [-0.4, -0.2) is 29.9 Å². The highest BCUT2D eigenvalue weighted by Crippen LogP contribution is 2.40. The van der Waals surface area contributed by atoms with Gasteiger partial charge in [0.25, 0.3) is 0 Å². The first kappa shape index (κ1) is 39.9. The maximum atomic E-state index is 5.32. The number of rotatable bonds is 9. The third kappa shape index (κ3) is 8.63. The molecule has 0 saturated carbocycles. The van der Waals surface area contributed by atoms with Crippen molar-refractivity contribution in [3.8, 4) is 101 Å². The molecule has 0 aliphatic carbocycles. The number of hydrogen-bond donors (Lipinski definition) is 0. The molecule has 0 atom stereocenters. The molecular formula is C58H44N6. The number of hydrogen-bond acceptors (Lipinski definition) is 6. The molecule has 0 aliphatic rings. The zero-order chi connectivity index (χ0) is 43.6. The Labute approximate surface area is 374 Å². The molecule has 10 rings (SSSR count). The largest absolute Gasteiger partial charge is 0.253 e. The van der Waals surface area contributed by atoms with Crippen molar-refractivity contribution in [1.29, 1.82) is 0 Å². The van der Waals surface area contributed by atoms with Crippen LogP contribution in [0.2, 0.25) is 0 Å². The van der Waals surface area contributed by atoms with Gasteiger partial charge in [0, 0.05) is 61.7 Å². The van der Waals surface area contributed by atoms with Gasteiger partial charge < -0.3 is 0 Å². The van der Waals surface area contributed by atoms with Crippen LogP contribution in [0.15, 0.2) is 194 Å². The summed E-state index contributed by atoms with van der Waals surface area (Å²) in [5.41, 5.74) is 20.1. The Morgan fingerprint density at radius 1 is 0.203 bits per heavy atom. The summed E-state index contributed by atoms with van der Waals surface area (Å²) in [6.45, 7) is 8.12. The molecule has 0 bridgehead atoms. The van der Waals surface area contributed by atoms with E-state index in [9.17, 15) is 0 Å². The topological polar surface area (TPSA) is 77.3 Å². The smallest absolute Gasteiger partial charge is 0.160 e. The van der Waals surface area contributed by atoms with Gasteiger partial charge in [-0.2, -0.15) is 0 Å². The van der Waals surface area contributed by atoms with Gasteiger partial charge in [-0.3, -0.25) is 19.9 Å². The lowest BCUT2D eigenvalue weighted by atomic mass is 9.90. The molecule has 5 aromatic carbocycles.